The summed E-state index contributed by atoms with van der Waals surface area (Å²) in [6.07, 6.45) is 11.8. The summed E-state index contributed by atoms with van der Waals surface area (Å²) in [7, 11) is 2.60. The second-order valence-electron chi connectivity index (χ2n) is 15.1. The smallest absolute Gasteiger partial charge is 0.407 e. The van der Waals surface area contributed by atoms with E-state index in [0.717, 1.165) is 78.0 Å². The highest BCUT2D eigenvalue weighted by molar-refractivity contribution is 5.87. The molecule has 1 saturated heterocycles. The van der Waals surface area contributed by atoms with E-state index in [1.54, 1.807) is 22.2 Å². The molecule has 14 nitrogen and oxygen atoms in total. The first-order valence-corrected chi connectivity index (χ1v) is 19.4. The molecule has 0 radical (unpaired) electrons. The summed E-state index contributed by atoms with van der Waals surface area (Å²) < 4.78 is 9.60. The third-order valence-corrected chi connectivity index (χ3v) is 11.3. The Balaban J connectivity index is 1.000. The van der Waals surface area contributed by atoms with Crippen LogP contribution in [0.25, 0.3) is 33.6 Å². The van der Waals surface area contributed by atoms with Gasteiger partial charge in [0.1, 0.15) is 29.8 Å². The van der Waals surface area contributed by atoms with Crippen LogP contribution in [0.3, 0.4) is 0 Å². The first-order valence-electron chi connectivity index (χ1n) is 19.4. The molecule has 3 aliphatic rings. The van der Waals surface area contributed by atoms with E-state index in [0.29, 0.717) is 18.9 Å². The van der Waals surface area contributed by atoms with E-state index in [9.17, 15) is 19.2 Å². The molecule has 4 amide bonds. The summed E-state index contributed by atoms with van der Waals surface area (Å²) in [5.41, 5.74) is 5.74. The van der Waals surface area contributed by atoms with Crippen molar-refractivity contribution in [1.82, 2.24) is 40.4 Å². The van der Waals surface area contributed by atoms with Crippen LogP contribution in [0, 0.1) is 11.8 Å². The van der Waals surface area contributed by atoms with Crippen molar-refractivity contribution in [1.29, 1.82) is 0 Å². The van der Waals surface area contributed by atoms with Crippen LogP contribution in [0.2, 0.25) is 0 Å². The van der Waals surface area contributed by atoms with Gasteiger partial charge in [-0.1, -0.05) is 87.4 Å². The Morgan fingerprint density at radius 1 is 0.714 bits per heavy atom. The van der Waals surface area contributed by atoms with Crippen molar-refractivity contribution < 1.29 is 28.7 Å². The van der Waals surface area contributed by atoms with Crippen LogP contribution in [0.5, 0.6) is 0 Å². The third-order valence-electron chi connectivity index (χ3n) is 11.3. The van der Waals surface area contributed by atoms with Gasteiger partial charge in [0, 0.05) is 13.1 Å². The van der Waals surface area contributed by atoms with E-state index in [2.05, 4.69) is 67.0 Å². The van der Waals surface area contributed by atoms with Crippen LogP contribution >= 0.6 is 0 Å². The Kier molecular flexibility index (Phi) is 11.5. The molecule has 1 saturated carbocycles. The van der Waals surface area contributed by atoms with Gasteiger partial charge < -0.3 is 39.9 Å². The molecule has 2 aromatic carbocycles. The molecule has 294 valence electrons. The molecule has 4 aromatic rings. The van der Waals surface area contributed by atoms with Gasteiger partial charge in [-0.15, -0.1) is 0 Å². The van der Waals surface area contributed by atoms with Crippen molar-refractivity contribution in [3.8, 4) is 33.6 Å². The van der Waals surface area contributed by atoms with Crippen molar-refractivity contribution in [3.63, 3.8) is 0 Å². The van der Waals surface area contributed by atoms with E-state index < -0.39 is 24.3 Å². The quantitative estimate of drug-likeness (QED) is 0.125. The highest BCUT2D eigenvalue weighted by Crippen LogP contribution is 2.35. The van der Waals surface area contributed by atoms with Gasteiger partial charge in [0.25, 0.3) is 0 Å². The minimum atomic E-state index is -0.688. The summed E-state index contributed by atoms with van der Waals surface area (Å²) in [5, 5.41) is 5.50. The van der Waals surface area contributed by atoms with Crippen molar-refractivity contribution in [2.45, 2.75) is 76.5 Å². The number of carbonyl (C=O) groups is 4. The van der Waals surface area contributed by atoms with Crippen LogP contribution in [0.1, 0.15) is 76.1 Å². The molecular weight excluding hydrogens is 713 g/mol. The summed E-state index contributed by atoms with van der Waals surface area (Å²) in [6, 6.07) is 14.6. The van der Waals surface area contributed by atoms with Crippen LogP contribution in [-0.2, 0) is 19.1 Å². The summed E-state index contributed by atoms with van der Waals surface area (Å²) >= 11 is 0. The summed E-state index contributed by atoms with van der Waals surface area (Å²) in [5.74, 6) is 1.09. The van der Waals surface area contributed by atoms with Crippen molar-refractivity contribution in [2.24, 2.45) is 11.8 Å². The second-order valence-corrected chi connectivity index (χ2v) is 15.1. The fraction of sp³-hybridized carbons (Fsp3) is 0.429. The Hall–Kier alpha value is -5.92. The largest absolute Gasteiger partial charge is 0.453 e. The first-order chi connectivity index (χ1) is 27.1. The molecule has 14 heteroatoms. The van der Waals surface area contributed by atoms with Crippen molar-refractivity contribution >= 4 is 24.0 Å². The zero-order chi connectivity index (χ0) is 39.3. The first kappa shape index (κ1) is 38.4. The lowest BCUT2D eigenvalue weighted by Gasteiger charge is -2.31. The maximum Gasteiger partial charge on any atom is 0.407 e. The Morgan fingerprint density at radius 3 is 1.86 bits per heavy atom. The monoisotopic (exact) mass is 762 g/mol. The van der Waals surface area contributed by atoms with Crippen LogP contribution in [0.15, 0.2) is 73.1 Å². The van der Waals surface area contributed by atoms with Crippen LogP contribution in [0.4, 0.5) is 9.59 Å². The Labute approximate surface area is 326 Å². The van der Waals surface area contributed by atoms with E-state index in [1.807, 2.05) is 38.1 Å². The minimum absolute atomic E-state index is 0.0811. The Bertz CT molecular complexity index is 2050. The molecule has 0 spiro atoms. The number of hydrogen-bond donors (Lipinski definition) is 4. The molecule has 2 aromatic heterocycles. The average molecular weight is 763 g/mol. The lowest BCUT2D eigenvalue weighted by Crippen LogP contribution is -2.51. The number of rotatable bonds is 11. The maximum absolute atomic E-state index is 13.8. The van der Waals surface area contributed by atoms with Crippen LogP contribution < -0.4 is 10.6 Å². The van der Waals surface area contributed by atoms with E-state index in [-0.39, 0.29) is 35.7 Å². The van der Waals surface area contributed by atoms with E-state index in [4.69, 9.17) is 9.47 Å². The molecule has 56 heavy (non-hydrogen) atoms. The van der Waals surface area contributed by atoms with Gasteiger partial charge in [-0.05, 0) is 59.8 Å². The molecule has 2 aliphatic heterocycles. The summed E-state index contributed by atoms with van der Waals surface area (Å²) in [6.45, 7) is 4.84. The van der Waals surface area contributed by atoms with E-state index in [1.165, 1.54) is 14.2 Å². The predicted molar refractivity (Wildman–Crippen MR) is 210 cm³/mol. The number of nitrogens with zero attached hydrogens (tertiary/aromatic N) is 4. The molecule has 1 unspecified atom stereocenters. The highest BCUT2D eigenvalue weighted by atomic mass is 16.5. The number of amides is 4. The number of alkyl carbamates (subject to hydrolysis) is 2. The topological polar surface area (TPSA) is 175 Å². The number of hydrogen-bond acceptors (Lipinski definition) is 8. The lowest BCUT2D eigenvalue weighted by atomic mass is 9.96. The number of ether oxygens (including phenoxy) is 2. The number of H-pyrrole nitrogens is 2. The number of imidazole rings is 2. The third kappa shape index (κ3) is 8.05. The van der Waals surface area contributed by atoms with Gasteiger partial charge in [-0.2, -0.15) is 0 Å². The van der Waals surface area contributed by atoms with Gasteiger partial charge >= 0.3 is 12.2 Å². The number of methoxy groups -OCH3 is 2. The number of carbonyl (C=O) groups excluding carboxylic acids is 4. The fourth-order valence-corrected chi connectivity index (χ4v) is 8.19. The predicted octanol–water partition coefficient (Wildman–Crippen LogP) is 6.53. The SMILES string of the molecule is COC(=O)NC(C(=O)N1CCC[C@H]1c1ncc(-c2ccc(-c3ccc(-c4cnc([C@@H]5C=CCN5C(=O)[C@@H](NC(=O)OC)C5CCCC5)[nH]4)cc3)cc2)[nH]1)C(C)C. The molecule has 4 N–H and O–H groups in total. The fourth-order valence-electron chi connectivity index (χ4n) is 8.19. The maximum atomic E-state index is 13.8. The zero-order valence-corrected chi connectivity index (χ0v) is 32.3. The van der Waals surface area contributed by atoms with Gasteiger partial charge in [0.2, 0.25) is 11.8 Å². The number of nitrogens with one attached hydrogen (secondary N) is 4. The highest BCUT2D eigenvalue weighted by Gasteiger charge is 2.40. The molecule has 7 rings (SSSR count). The van der Waals surface area contributed by atoms with Crippen molar-refractivity contribution in [2.75, 3.05) is 27.3 Å². The van der Waals surface area contributed by atoms with Gasteiger partial charge in [0.05, 0.1) is 44.0 Å². The lowest BCUT2D eigenvalue weighted by molar-refractivity contribution is -0.136. The molecule has 4 heterocycles. The average Bonchev–Trinajstić information content (AvgIpc) is 4.07. The molecular formula is C42H50N8O6. The minimum Gasteiger partial charge on any atom is -0.453 e. The number of likely N-dealkylation sites (tertiary alicyclic amines) is 1. The van der Waals surface area contributed by atoms with E-state index >= 15 is 0 Å². The number of aromatic nitrogens is 4. The van der Waals surface area contributed by atoms with Gasteiger partial charge in [-0.25, -0.2) is 19.6 Å². The van der Waals surface area contributed by atoms with Crippen LogP contribution in [-0.4, -0.2) is 93.1 Å². The molecule has 1 aliphatic carbocycles. The zero-order valence-electron chi connectivity index (χ0n) is 32.3. The van der Waals surface area contributed by atoms with Gasteiger partial charge in [-0.3, -0.25) is 9.59 Å². The number of benzene rings is 2. The van der Waals surface area contributed by atoms with Gasteiger partial charge in [0.15, 0.2) is 0 Å². The normalized spacial score (nSPS) is 19.3. The number of aromatic amines is 2. The molecule has 4 atom stereocenters. The Morgan fingerprint density at radius 2 is 1.27 bits per heavy atom. The second kappa shape index (κ2) is 16.8. The summed E-state index contributed by atoms with van der Waals surface area (Å²) in [4.78, 5) is 71.2. The standard InChI is InChI=1S/C42H50N8O6/c1-25(2)35(47-41(53)55-3)39(51)49-21-7-11-33(49)37-43-23-31(45-37)28-17-13-26(14-18-28)27-15-19-29(20-16-27)32-24-44-38(46-32)34-12-8-22-50(34)40(52)36(48-42(54)56-4)30-9-5-6-10-30/h8,12-20,23-25,30,33-36H,5-7,9-11,21-22H2,1-4H3,(H,43,45)(H,44,46)(H,47,53)(H,48,54)/t33-,34-,35?,36-/m0/s1. The van der Waals surface area contributed by atoms with Crippen molar-refractivity contribution in [3.05, 3.63) is 84.7 Å². The molecule has 2 fully saturated rings. The molecule has 0 bridgehead atoms.